The molecule has 0 aliphatic heterocycles. The van der Waals surface area contributed by atoms with Crippen LogP contribution in [0.5, 0.6) is 0 Å². The highest BCUT2D eigenvalue weighted by Crippen LogP contribution is 2.27. The molecule has 0 aromatic heterocycles. The molecule has 1 amide bonds. The van der Waals surface area contributed by atoms with Crippen molar-refractivity contribution in [2.75, 3.05) is 5.32 Å². The van der Waals surface area contributed by atoms with Gasteiger partial charge >= 0.3 is 0 Å². The largest absolute Gasteiger partial charge is 0.327 e. The molecule has 0 unspecified atom stereocenters. The van der Waals surface area contributed by atoms with Gasteiger partial charge in [-0.25, -0.2) is 8.42 Å². The van der Waals surface area contributed by atoms with Gasteiger partial charge in [-0.05, 0) is 48.6 Å². The zero-order valence-corrected chi connectivity index (χ0v) is 16.6. The number of sulfone groups is 1. The van der Waals surface area contributed by atoms with E-state index < -0.39 is 9.84 Å². The van der Waals surface area contributed by atoms with E-state index >= 15 is 0 Å². The lowest BCUT2D eigenvalue weighted by Crippen LogP contribution is -2.28. The number of benzene rings is 2. The van der Waals surface area contributed by atoms with Crippen molar-refractivity contribution in [2.24, 2.45) is 11.7 Å². The van der Waals surface area contributed by atoms with Crippen LogP contribution in [-0.4, -0.2) is 20.4 Å². The third-order valence-corrected chi connectivity index (χ3v) is 6.54. The number of anilines is 1. The maximum atomic E-state index is 12.5. The summed E-state index contributed by atoms with van der Waals surface area (Å²) in [5, 5.41) is 2.87. The van der Waals surface area contributed by atoms with Crippen LogP contribution >= 0.6 is 12.4 Å². The van der Waals surface area contributed by atoms with Gasteiger partial charge in [-0.2, -0.15) is 0 Å². The van der Waals surface area contributed by atoms with Gasteiger partial charge in [-0.15, -0.1) is 12.4 Å². The van der Waals surface area contributed by atoms with Crippen molar-refractivity contribution in [3.8, 4) is 0 Å². The topological polar surface area (TPSA) is 89.3 Å². The first-order chi connectivity index (χ1) is 12.4. The number of amides is 1. The summed E-state index contributed by atoms with van der Waals surface area (Å²) in [6, 6.07) is 15.5. The van der Waals surface area contributed by atoms with E-state index in [4.69, 9.17) is 5.73 Å². The first kappa shape index (κ1) is 21.4. The minimum absolute atomic E-state index is 0. The van der Waals surface area contributed by atoms with E-state index in [1.54, 1.807) is 54.6 Å². The van der Waals surface area contributed by atoms with Gasteiger partial charge in [0.15, 0.2) is 9.84 Å². The zero-order valence-electron chi connectivity index (χ0n) is 15.0. The maximum Gasteiger partial charge on any atom is 0.224 e. The van der Waals surface area contributed by atoms with Gasteiger partial charge in [0.1, 0.15) is 0 Å². The molecule has 2 atom stereocenters. The van der Waals surface area contributed by atoms with E-state index in [-0.39, 0.29) is 36.0 Å². The molecule has 146 valence electrons. The summed E-state index contributed by atoms with van der Waals surface area (Å²) in [4.78, 5) is 12.5. The average Bonchev–Trinajstić information content (AvgIpc) is 3.00. The van der Waals surface area contributed by atoms with Crippen molar-refractivity contribution in [1.29, 1.82) is 0 Å². The number of halogens is 1. The van der Waals surface area contributed by atoms with Crippen LogP contribution < -0.4 is 11.1 Å². The smallest absolute Gasteiger partial charge is 0.224 e. The molecule has 1 saturated carbocycles. The Morgan fingerprint density at radius 2 is 1.81 bits per heavy atom. The van der Waals surface area contributed by atoms with Gasteiger partial charge in [0, 0.05) is 18.2 Å². The minimum Gasteiger partial charge on any atom is -0.327 e. The number of nitrogens with two attached hydrogens (primary N) is 1. The van der Waals surface area contributed by atoms with Crippen LogP contribution in [0.3, 0.4) is 0 Å². The Morgan fingerprint density at radius 1 is 1.07 bits per heavy atom. The standard InChI is InChI=1S/C20H24N2O3S.ClH/c21-19-11-5-7-16(19)13-20(23)22-17-8-4-6-15(12-17)14-26(24,25)18-9-2-1-3-10-18;/h1-4,6,8-10,12,16,19H,5,7,11,13-14,21H2,(H,22,23);1H/t16-,19+;/m0./s1. The molecule has 0 radical (unpaired) electrons. The molecule has 2 aromatic carbocycles. The Hall–Kier alpha value is -1.89. The molecular formula is C20H25ClN2O3S. The molecule has 1 aliphatic rings. The van der Waals surface area contributed by atoms with Crippen molar-refractivity contribution in [2.45, 2.75) is 42.4 Å². The van der Waals surface area contributed by atoms with E-state index in [1.807, 2.05) is 0 Å². The second-order valence-corrected chi connectivity index (χ2v) is 8.87. The maximum absolute atomic E-state index is 12.5. The van der Waals surface area contributed by atoms with Gasteiger partial charge in [-0.3, -0.25) is 4.79 Å². The van der Waals surface area contributed by atoms with Crippen molar-refractivity contribution < 1.29 is 13.2 Å². The quantitative estimate of drug-likeness (QED) is 0.764. The average molecular weight is 409 g/mol. The molecule has 3 rings (SSSR count). The van der Waals surface area contributed by atoms with Crippen LogP contribution in [0.1, 0.15) is 31.2 Å². The highest BCUT2D eigenvalue weighted by atomic mass is 35.5. The summed E-state index contributed by atoms with van der Waals surface area (Å²) in [6.07, 6.45) is 3.45. The lowest BCUT2D eigenvalue weighted by atomic mass is 10.00. The van der Waals surface area contributed by atoms with Crippen LogP contribution in [0, 0.1) is 5.92 Å². The molecule has 0 heterocycles. The van der Waals surface area contributed by atoms with Gasteiger partial charge in [-0.1, -0.05) is 36.8 Å². The van der Waals surface area contributed by atoms with Crippen molar-refractivity contribution in [1.82, 2.24) is 0 Å². The fourth-order valence-electron chi connectivity index (χ4n) is 3.44. The van der Waals surface area contributed by atoms with E-state index in [1.165, 1.54) is 0 Å². The van der Waals surface area contributed by atoms with Crippen LogP contribution in [0.2, 0.25) is 0 Å². The third-order valence-electron chi connectivity index (χ3n) is 4.84. The van der Waals surface area contributed by atoms with Crippen LogP contribution in [-0.2, 0) is 20.4 Å². The SMILES string of the molecule is Cl.N[C@@H]1CCC[C@H]1CC(=O)Nc1cccc(CS(=O)(=O)c2ccccc2)c1. The van der Waals surface area contributed by atoms with Crippen molar-refractivity contribution in [3.05, 3.63) is 60.2 Å². The predicted octanol–water partition coefficient (Wildman–Crippen LogP) is 3.54. The highest BCUT2D eigenvalue weighted by Gasteiger charge is 2.26. The summed E-state index contributed by atoms with van der Waals surface area (Å²) in [6.45, 7) is 0. The molecule has 0 saturated heterocycles. The molecule has 3 N–H and O–H groups in total. The lowest BCUT2D eigenvalue weighted by Gasteiger charge is -2.15. The molecule has 27 heavy (non-hydrogen) atoms. The Labute approximate surface area is 166 Å². The summed E-state index contributed by atoms with van der Waals surface area (Å²) < 4.78 is 25.0. The van der Waals surface area contributed by atoms with E-state index in [0.29, 0.717) is 22.6 Å². The number of hydrogen-bond acceptors (Lipinski definition) is 4. The highest BCUT2D eigenvalue weighted by molar-refractivity contribution is 7.90. The molecule has 0 bridgehead atoms. The minimum atomic E-state index is -3.41. The Morgan fingerprint density at radius 3 is 2.48 bits per heavy atom. The van der Waals surface area contributed by atoms with Crippen LogP contribution in [0.25, 0.3) is 0 Å². The third kappa shape index (κ3) is 5.79. The monoisotopic (exact) mass is 408 g/mol. The number of nitrogens with one attached hydrogen (secondary N) is 1. The molecule has 1 fully saturated rings. The second kappa shape index (κ2) is 9.35. The number of rotatable bonds is 6. The fraction of sp³-hybridized carbons (Fsp3) is 0.350. The normalized spacial score (nSPS) is 19.3. The fourth-order valence-corrected chi connectivity index (χ4v) is 4.80. The zero-order chi connectivity index (χ0) is 18.6. The molecule has 5 nitrogen and oxygen atoms in total. The van der Waals surface area contributed by atoms with Crippen molar-refractivity contribution in [3.63, 3.8) is 0 Å². The lowest BCUT2D eigenvalue weighted by molar-refractivity contribution is -0.117. The Kier molecular flexibility index (Phi) is 7.41. The summed E-state index contributed by atoms with van der Waals surface area (Å²) in [7, 11) is -3.41. The molecule has 7 heteroatoms. The van der Waals surface area contributed by atoms with Gasteiger partial charge in [0.05, 0.1) is 10.6 Å². The Balaban J connectivity index is 0.00000261. The first-order valence-corrected chi connectivity index (χ1v) is 10.5. The first-order valence-electron chi connectivity index (χ1n) is 8.86. The second-order valence-electron chi connectivity index (χ2n) is 6.88. The van der Waals surface area contributed by atoms with Gasteiger partial charge < -0.3 is 11.1 Å². The van der Waals surface area contributed by atoms with Crippen LogP contribution in [0.4, 0.5) is 5.69 Å². The number of hydrogen-bond donors (Lipinski definition) is 2. The molecule has 0 spiro atoms. The Bertz CT molecular complexity index is 872. The van der Waals surface area contributed by atoms with E-state index in [2.05, 4.69) is 5.32 Å². The van der Waals surface area contributed by atoms with E-state index in [0.717, 1.165) is 19.3 Å². The van der Waals surface area contributed by atoms with Gasteiger partial charge in [0.25, 0.3) is 0 Å². The number of carbonyl (C=O) groups is 1. The molecular weight excluding hydrogens is 384 g/mol. The summed E-state index contributed by atoms with van der Waals surface area (Å²) in [5.41, 5.74) is 7.28. The predicted molar refractivity (Wildman–Crippen MR) is 110 cm³/mol. The number of carbonyl (C=O) groups excluding carboxylic acids is 1. The van der Waals surface area contributed by atoms with E-state index in [9.17, 15) is 13.2 Å². The van der Waals surface area contributed by atoms with Crippen LogP contribution in [0.15, 0.2) is 59.5 Å². The molecule has 2 aromatic rings. The summed E-state index contributed by atoms with van der Waals surface area (Å²) in [5.74, 6) is 0.0564. The summed E-state index contributed by atoms with van der Waals surface area (Å²) >= 11 is 0. The van der Waals surface area contributed by atoms with Crippen molar-refractivity contribution >= 4 is 33.8 Å². The molecule has 1 aliphatic carbocycles. The van der Waals surface area contributed by atoms with Gasteiger partial charge in [0.2, 0.25) is 5.91 Å².